The van der Waals surface area contributed by atoms with Gasteiger partial charge in [-0.25, -0.2) is 0 Å². The molecule has 0 fully saturated rings. The molecule has 4 heteroatoms. The Morgan fingerprint density at radius 1 is 1.36 bits per heavy atom. The number of carbonyl (C=O) groups is 2. The van der Waals surface area contributed by atoms with E-state index in [1.807, 2.05) is 13.0 Å². The van der Waals surface area contributed by atoms with Crippen molar-refractivity contribution in [3.8, 4) is 11.5 Å². The lowest BCUT2D eigenvalue weighted by molar-refractivity contribution is -0.137. The Bertz CT molecular complexity index is 830. The molecule has 0 heterocycles. The van der Waals surface area contributed by atoms with Gasteiger partial charge in [0.2, 0.25) is 0 Å². The number of allylic oxidation sites excluding steroid dienone is 5. The number of carbonyl (C=O) groups excluding carboxylic acids is 2. The molecule has 3 atom stereocenters. The fraction of sp³-hybridized carbons (Fsp3) is 0.333. The number of ketones is 2. The van der Waals surface area contributed by atoms with E-state index >= 15 is 0 Å². The summed E-state index contributed by atoms with van der Waals surface area (Å²) in [5.41, 5.74) is 1.02. The minimum atomic E-state index is -0.944. The van der Waals surface area contributed by atoms with Crippen LogP contribution in [0, 0.1) is 11.3 Å². The molecule has 0 bridgehead atoms. The molecule has 2 aliphatic carbocycles. The maximum Gasteiger partial charge on any atom is 0.163 e. The lowest BCUT2D eigenvalue weighted by atomic mass is 9.53. The van der Waals surface area contributed by atoms with Crippen LogP contribution in [0.5, 0.6) is 11.5 Å². The number of phenolic OH excluding ortho intramolecular Hbond substituents is 1. The van der Waals surface area contributed by atoms with Gasteiger partial charge in [0.05, 0.1) is 12.5 Å². The Hall–Kier alpha value is -2.62. The summed E-state index contributed by atoms with van der Waals surface area (Å²) in [4.78, 5) is 25.7. The molecule has 3 rings (SSSR count). The third kappa shape index (κ3) is 2.44. The zero-order valence-electron chi connectivity index (χ0n) is 14.7. The minimum Gasteiger partial charge on any atom is -0.508 e. The fourth-order valence-corrected chi connectivity index (χ4v) is 4.15. The highest BCUT2D eigenvalue weighted by Gasteiger charge is 2.55. The number of benzene rings is 1. The van der Waals surface area contributed by atoms with Gasteiger partial charge in [-0.15, -0.1) is 0 Å². The maximum absolute atomic E-state index is 13.0. The van der Waals surface area contributed by atoms with Crippen molar-refractivity contribution in [2.75, 3.05) is 7.11 Å². The van der Waals surface area contributed by atoms with Crippen LogP contribution in [0.4, 0.5) is 0 Å². The molecule has 0 aromatic heterocycles. The first-order valence-electron chi connectivity index (χ1n) is 8.31. The monoisotopic (exact) mass is 338 g/mol. The van der Waals surface area contributed by atoms with Gasteiger partial charge in [-0.2, -0.15) is 0 Å². The van der Waals surface area contributed by atoms with Crippen molar-refractivity contribution in [3.63, 3.8) is 0 Å². The molecule has 130 valence electrons. The van der Waals surface area contributed by atoms with Gasteiger partial charge in [0, 0.05) is 23.5 Å². The molecule has 4 nitrogen and oxygen atoms in total. The summed E-state index contributed by atoms with van der Waals surface area (Å²) >= 11 is 0. The lowest BCUT2D eigenvalue weighted by Gasteiger charge is -2.47. The van der Waals surface area contributed by atoms with E-state index in [9.17, 15) is 14.7 Å². The predicted octanol–water partition coefficient (Wildman–Crippen LogP) is 3.72. The number of hydrogen-bond donors (Lipinski definition) is 1. The van der Waals surface area contributed by atoms with E-state index in [2.05, 4.69) is 6.58 Å². The Morgan fingerprint density at radius 2 is 2.08 bits per heavy atom. The molecule has 0 spiro atoms. The molecule has 0 saturated heterocycles. The van der Waals surface area contributed by atoms with Crippen LogP contribution in [0.2, 0.25) is 0 Å². The van der Waals surface area contributed by atoms with E-state index in [4.69, 9.17) is 4.74 Å². The van der Waals surface area contributed by atoms with Gasteiger partial charge in [-0.1, -0.05) is 31.7 Å². The van der Waals surface area contributed by atoms with Gasteiger partial charge >= 0.3 is 0 Å². The highest BCUT2D eigenvalue weighted by atomic mass is 16.5. The standard InChI is InChI=1S/C21H22O4/c1-5-13-6-9-16-20(24)12(2)10-18(23)21(16,3)19(13)15-8-7-14(25-4)11-17(15)22/h5-8,10-11,16,19,22H,1,9H2,2-4H3. The van der Waals surface area contributed by atoms with E-state index in [0.29, 0.717) is 23.3 Å². The first-order valence-corrected chi connectivity index (χ1v) is 8.31. The third-order valence-corrected chi connectivity index (χ3v) is 5.61. The second kappa shape index (κ2) is 6.03. The molecule has 2 aliphatic rings. The fourth-order valence-electron chi connectivity index (χ4n) is 4.15. The lowest BCUT2D eigenvalue weighted by Crippen LogP contribution is -2.49. The first kappa shape index (κ1) is 17.2. The number of fused-ring (bicyclic) bond motifs is 1. The number of hydrogen-bond acceptors (Lipinski definition) is 4. The second-order valence-corrected chi connectivity index (χ2v) is 6.89. The molecule has 0 saturated carbocycles. The van der Waals surface area contributed by atoms with E-state index in [-0.39, 0.29) is 17.3 Å². The van der Waals surface area contributed by atoms with Crippen LogP contribution in [0.25, 0.3) is 0 Å². The summed E-state index contributed by atoms with van der Waals surface area (Å²) in [7, 11) is 1.53. The number of ether oxygens (including phenoxy) is 1. The van der Waals surface area contributed by atoms with E-state index in [1.165, 1.54) is 19.3 Å². The van der Waals surface area contributed by atoms with Gasteiger partial charge in [0.1, 0.15) is 11.5 Å². The topological polar surface area (TPSA) is 63.6 Å². The van der Waals surface area contributed by atoms with Crippen molar-refractivity contribution in [1.82, 2.24) is 0 Å². The van der Waals surface area contributed by atoms with Crippen molar-refractivity contribution >= 4 is 11.6 Å². The first-order chi connectivity index (χ1) is 11.8. The third-order valence-electron chi connectivity index (χ3n) is 5.61. The smallest absolute Gasteiger partial charge is 0.163 e. The summed E-state index contributed by atoms with van der Waals surface area (Å²) in [6.07, 6.45) is 5.61. The molecule has 0 amide bonds. The van der Waals surface area contributed by atoms with Gasteiger partial charge in [0.25, 0.3) is 0 Å². The maximum atomic E-state index is 13.0. The van der Waals surface area contributed by atoms with Gasteiger partial charge in [-0.3, -0.25) is 9.59 Å². The summed E-state index contributed by atoms with van der Waals surface area (Å²) in [5, 5.41) is 10.5. The van der Waals surface area contributed by atoms with Gasteiger partial charge in [0.15, 0.2) is 11.6 Å². The summed E-state index contributed by atoms with van der Waals surface area (Å²) in [5.74, 6) is -0.368. The second-order valence-electron chi connectivity index (χ2n) is 6.89. The Labute approximate surface area is 147 Å². The Kier molecular flexibility index (Phi) is 4.15. The number of methoxy groups -OCH3 is 1. The van der Waals surface area contributed by atoms with E-state index in [1.54, 1.807) is 25.1 Å². The highest BCUT2D eigenvalue weighted by Crippen LogP contribution is 2.56. The van der Waals surface area contributed by atoms with Crippen molar-refractivity contribution < 1.29 is 19.4 Å². The predicted molar refractivity (Wildman–Crippen MR) is 95.7 cm³/mol. The van der Waals surface area contributed by atoms with Crippen LogP contribution in [0.1, 0.15) is 31.7 Å². The number of aromatic hydroxyl groups is 1. The van der Waals surface area contributed by atoms with Crippen LogP contribution in [-0.4, -0.2) is 23.8 Å². The average Bonchev–Trinajstić information content (AvgIpc) is 2.59. The molecule has 1 N–H and O–H groups in total. The highest BCUT2D eigenvalue weighted by molar-refractivity contribution is 6.13. The van der Waals surface area contributed by atoms with Crippen LogP contribution < -0.4 is 4.74 Å². The van der Waals surface area contributed by atoms with Gasteiger partial charge < -0.3 is 9.84 Å². The Balaban J connectivity index is 2.23. The SMILES string of the molecule is C=CC1=CCC2C(=O)C(C)=CC(=O)C2(C)C1c1ccc(OC)cc1O. The average molecular weight is 338 g/mol. The van der Waals surface area contributed by atoms with Gasteiger partial charge in [-0.05, 0) is 36.6 Å². The van der Waals surface area contributed by atoms with E-state index < -0.39 is 17.3 Å². The molecular formula is C21H22O4. The molecule has 3 unspecified atom stereocenters. The van der Waals surface area contributed by atoms with Crippen molar-refractivity contribution in [3.05, 3.63) is 59.7 Å². The zero-order valence-corrected chi connectivity index (χ0v) is 14.7. The summed E-state index contributed by atoms with van der Waals surface area (Å²) in [6, 6.07) is 5.03. The van der Waals surface area contributed by atoms with Crippen molar-refractivity contribution in [2.24, 2.45) is 11.3 Å². The number of rotatable bonds is 3. The van der Waals surface area contributed by atoms with Crippen molar-refractivity contribution in [2.45, 2.75) is 26.2 Å². The zero-order chi connectivity index (χ0) is 18.4. The molecular weight excluding hydrogens is 316 g/mol. The number of Topliss-reactive ketones (excluding diaryl/α,β-unsaturated/α-hetero) is 1. The quantitative estimate of drug-likeness (QED) is 0.912. The van der Waals surface area contributed by atoms with Crippen LogP contribution in [-0.2, 0) is 9.59 Å². The van der Waals surface area contributed by atoms with Crippen LogP contribution >= 0.6 is 0 Å². The summed E-state index contributed by atoms with van der Waals surface area (Å²) in [6.45, 7) is 7.38. The molecule has 0 radical (unpaired) electrons. The van der Waals surface area contributed by atoms with Crippen LogP contribution in [0.15, 0.2) is 54.2 Å². The molecule has 1 aromatic carbocycles. The normalized spacial score (nSPS) is 28.8. The largest absolute Gasteiger partial charge is 0.508 e. The van der Waals surface area contributed by atoms with E-state index in [0.717, 1.165) is 5.57 Å². The molecule has 1 aromatic rings. The Morgan fingerprint density at radius 3 is 2.68 bits per heavy atom. The number of phenols is 1. The van der Waals surface area contributed by atoms with Crippen molar-refractivity contribution in [1.29, 1.82) is 0 Å². The van der Waals surface area contributed by atoms with Crippen LogP contribution in [0.3, 0.4) is 0 Å². The summed E-state index contributed by atoms with van der Waals surface area (Å²) < 4.78 is 5.15. The minimum absolute atomic E-state index is 0.000497. The molecule has 0 aliphatic heterocycles. The molecule has 25 heavy (non-hydrogen) atoms.